The maximum absolute atomic E-state index is 11.6. The third kappa shape index (κ3) is 2.58. The number of hydrogen-bond donors (Lipinski definition) is 1. The second kappa shape index (κ2) is 5.15. The van der Waals surface area contributed by atoms with Crippen molar-refractivity contribution in [2.24, 2.45) is 0 Å². The van der Waals surface area contributed by atoms with E-state index in [-0.39, 0.29) is 5.91 Å². The van der Waals surface area contributed by atoms with Crippen LogP contribution in [0.4, 0.5) is 0 Å². The number of hydrogen-bond acceptors (Lipinski definition) is 1. The maximum Gasteiger partial charge on any atom is 0.252 e. The van der Waals surface area contributed by atoms with Crippen LogP contribution < -0.4 is 5.32 Å². The summed E-state index contributed by atoms with van der Waals surface area (Å²) < 4.78 is 0.883. The fourth-order valence-electron chi connectivity index (χ4n) is 1.16. The summed E-state index contributed by atoms with van der Waals surface area (Å²) in [4.78, 5) is 11.6. The molecule has 1 amide bonds. The molecule has 3 heteroatoms. The Labute approximate surface area is 92.8 Å². The molecule has 2 nitrogen and oxygen atoms in total. The molecule has 0 heterocycles. The summed E-state index contributed by atoms with van der Waals surface area (Å²) in [6.45, 7) is 4.73. The molecule has 0 aromatic heterocycles. The molecular weight excluding hydrogens is 242 g/mol. The lowest BCUT2D eigenvalue weighted by Crippen LogP contribution is -2.24. The molecule has 1 N–H and O–H groups in total. The molecule has 0 aliphatic heterocycles. The van der Waals surface area contributed by atoms with Crippen molar-refractivity contribution < 1.29 is 4.79 Å². The van der Waals surface area contributed by atoms with E-state index < -0.39 is 0 Å². The van der Waals surface area contributed by atoms with Gasteiger partial charge in [-0.15, -0.1) is 0 Å². The molecule has 1 aromatic rings. The lowest BCUT2D eigenvalue weighted by molar-refractivity contribution is 0.0953. The van der Waals surface area contributed by atoms with Crippen LogP contribution in [0.15, 0.2) is 22.7 Å². The highest BCUT2D eigenvalue weighted by Crippen LogP contribution is 2.20. The molecule has 0 fully saturated rings. The number of benzene rings is 1. The summed E-state index contributed by atoms with van der Waals surface area (Å²) in [6, 6.07) is 5.68. The first-order valence-electron chi connectivity index (χ1n) is 4.70. The Morgan fingerprint density at radius 2 is 2.21 bits per heavy atom. The van der Waals surface area contributed by atoms with Crippen LogP contribution in [0, 0.1) is 6.92 Å². The predicted octanol–water partition coefficient (Wildman–Crippen LogP) is 2.90. The lowest BCUT2D eigenvalue weighted by atomic mass is 10.1. The van der Waals surface area contributed by atoms with Gasteiger partial charge in [0, 0.05) is 11.0 Å². The molecule has 0 spiro atoms. The summed E-state index contributed by atoms with van der Waals surface area (Å²) in [6.07, 6.45) is 0.954. The Morgan fingerprint density at radius 1 is 1.50 bits per heavy atom. The van der Waals surface area contributed by atoms with Gasteiger partial charge in [0.1, 0.15) is 0 Å². The van der Waals surface area contributed by atoms with E-state index in [1.165, 1.54) is 0 Å². The molecule has 14 heavy (non-hydrogen) atoms. The molecule has 1 rings (SSSR count). The normalized spacial score (nSPS) is 9.93. The third-order valence-corrected chi connectivity index (χ3v) is 3.02. The van der Waals surface area contributed by atoms with Crippen molar-refractivity contribution in [1.29, 1.82) is 0 Å². The fourth-order valence-corrected chi connectivity index (χ4v) is 1.60. The van der Waals surface area contributed by atoms with Crippen molar-refractivity contribution in [3.05, 3.63) is 33.8 Å². The summed E-state index contributed by atoms with van der Waals surface area (Å²) in [5.74, 6) is -0.0116. The Kier molecular flexibility index (Phi) is 4.14. The van der Waals surface area contributed by atoms with Crippen molar-refractivity contribution in [2.45, 2.75) is 20.3 Å². The minimum Gasteiger partial charge on any atom is -0.352 e. The Bertz CT molecular complexity index is 336. The maximum atomic E-state index is 11.6. The van der Waals surface area contributed by atoms with E-state index in [0.717, 1.165) is 23.0 Å². The van der Waals surface area contributed by atoms with Gasteiger partial charge in [-0.2, -0.15) is 0 Å². The number of carbonyl (C=O) groups excluding carboxylic acids is 1. The quantitative estimate of drug-likeness (QED) is 0.885. The van der Waals surface area contributed by atoms with Gasteiger partial charge in [0.25, 0.3) is 5.91 Å². The molecule has 0 aliphatic carbocycles. The lowest BCUT2D eigenvalue weighted by Gasteiger charge is -2.07. The van der Waals surface area contributed by atoms with Crippen molar-refractivity contribution in [1.82, 2.24) is 5.32 Å². The summed E-state index contributed by atoms with van der Waals surface area (Å²) in [5.41, 5.74) is 1.78. The number of rotatable bonds is 3. The first-order valence-corrected chi connectivity index (χ1v) is 5.49. The predicted molar refractivity (Wildman–Crippen MR) is 61.5 cm³/mol. The standard InChI is InChI=1S/C11H14BrNO/c1-3-7-13-11(14)9-6-4-5-8(2)10(9)12/h4-6H,3,7H2,1-2H3,(H,13,14). The van der Waals surface area contributed by atoms with E-state index >= 15 is 0 Å². The van der Waals surface area contributed by atoms with E-state index in [4.69, 9.17) is 0 Å². The van der Waals surface area contributed by atoms with Gasteiger partial charge in [0.05, 0.1) is 5.56 Å². The summed E-state index contributed by atoms with van der Waals surface area (Å²) in [5, 5.41) is 2.85. The van der Waals surface area contributed by atoms with Gasteiger partial charge < -0.3 is 5.32 Å². The molecule has 0 atom stereocenters. The molecular formula is C11H14BrNO. The van der Waals surface area contributed by atoms with Crippen molar-refractivity contribution in [3.63, 3.8) is 0 Å². The number of carbonyl (C=O) groups is 1. The van der Waals surface area contributed by atoms with E-state index in [9.17, 15) is 4.79 Å². The Balaban J connectivity index is 2.84. The number of aryl methyl sites for hydroxylation is 1. The van der Waals surface area contributed by atoms with E-state index in [1.807, 2.05) is 32.0 Å². The van der Waals surface area contributed by atoms with Gasteiger partial charge in [-0.25, -0.2) is 0 Å². The van der Waals surface area contributed by atoms with Gasteiger partial charge in [-0.05, 0) is 40.9 Å². The van der Waals surface area contributed by atoms with E-state index in [2.05, 4.69) is 21.2 Å². The zero-order valence-electron chi connectivity index (χ0n) is 8.43. The number of halogens is 1. The number of amides is 1. The molecule has 0 saturated heterocycles. The largest absolute Gasteiger partial charge is 0.352 e. The Hall–Kier alpha value is -0.830. The summed E-state index contributed by atoms with van der Waals surface area (Å²) in [7, 11) is 0. The fraction of sp³-hybridized carbons (Fsp3) is 0.364. The van der Waals surface area contributed by atoms with Gasteiger partial charge in [0.15, 0.2) is 0 Å². The van der Waals surface area contributed by atoms with Crippen LogP contribution in [0.25, 0.3) is 0 Å². The molecule has 76 valence electrons. The molecule has 0 saturated carbocycles. The van der Waals surface area contributed by atoms with Crippen LogP contribution in [-0.2, 0) is 0 Å². The second-order valence-electron chi connectivity index (χ2n) is 3.19. The zero-order chi connectivity index (χ0) is 10.6. The molecule has 0 aliphatic rings. The van der Waals surface area contributed by atoms with Gasteiger partial charge in [-0.1, -0.05) is 19.1 Å². The Morgan fingerprint density at radius 3 is 2.86 bits per heavy atom. The first kappa shape index (κ1) is 11.2. The van der Waals surface area contributed by atoms with Gasteiger partial charge in [0.2, 0.25) is 0 Å². The topological polar surface area (TPSA) is 29.1 Å². The first-order chi connectivity index (χ1) is 6.66. The zero-order valence-corrected chi connectivity index (χ0v) is 10.0. The molecule has 0 unspecified atom stereocenters. The molecule has 0 bridgehead atoms. The van der Waals surface area contributed by atoms with Crippen LogP contribution in [0.3, 0.4) is 0 Å². The molecule has 1 aromatic carbocycles. The van der Waals surface area contributed by atoms with Crippen LogP contribution in [0.1, 0.15) is 29.3 Å². The van der Waals surface area contributed by atoms with E-state index in [0.29, 0.717) is 5.56 Å². The highest BCUT2D eigenvalue weighted by molar-refractivity contribution is 9.10. The van der Waals surface area contributed by atoms with Crippen LogP contribution in [0.2, 0.25) is 0 Å². The van der Waals surface area contributed by atoms with Gasteiger partial charge >= 0.3 is 0 Å². The average molecular weight is 256 g/mol. The van der Waals surface area contributed by atoms with E-state index in [1.54, 1.807) is 0 Å². The minimum atomic E-state index is -0.0116. The third-order valence-electron chi connectivity index (χ3n) is 1.97. The molecule has 0 radical (unpaired) electrons. The van der Waals surface area contributed by atoms with Crippen molar-refractivity contribution in [3.8, 4) is 0 Å². The van der Waals surface area contributed by atoms with Crippen molar-refractivity contribution in [2.75, 3.05) is 6.54 Å². The summed E-state index contributed by atoms with van der Waals surface area (Å²) >= 11 is 3.41. The van der Waals surface area contributed by atoms with Crippen LogP contribution in [-0.4, -0.2) is 12.5 Å². The van der Waals surface area contributed by atoms with Crippen LogP contribution in [0.5, 0.6) is 0 Å². The number of nitrogens with one attached hydrogen (secondary N) is 1. The second-order valence-corrected chi connectivity index (χ2v) is 3.99. The van der Waals surface area contributed by atoms with Crippen molar-refractivity contribution >= 4 is 21.8 Å². The van der Waals surface area contributed by atoms with Gasteiger partial charge in [-0.3, -0.25) is 4.79 Å². The highest BCUT2D eigenvalue weighted by Gasteiger charge is 2.09. The monoisotopic (exact) mass is 255 g/mol. The highest BCUT2D eigenvalue weighted by atomic mass is 79.9. The minimum absolute atomic E-state index is 0.0116. The smallest absolute Gasteiger partial charge is 0.252 e. The average Bonchev–Trinajstić information content (AvgIpc) is 2.18. The van der Waals surface area contributed by atoms with Crippen LogP contribution >= 0.6 is 15.9 Å². The SMILES string of the molecule is CCCNC(=O)c1cccc(C)c1Br.